The first kappa shape index (κ1) is 22.2. The average molecular weight is 455 g/mol. The van der Waals surface area contributed by atoms with E-state index in [1.807, 2.05) is 24.3 Å². The first-order valence-corrected chi connectivity index (χ1v) is 11.2. The summed E-state index contributed by atoms with van der Waals surface area (Å²) in [5, 5.41) is 6.35. The monoisotopic (exact) mass is 454 g/mol. The third kappa shape index (κ3) is 5.08. The molecular weight excluding hydrogens is 428 g/mol. The molecule has 2 aromatic heterocycles. The van der Waals surface area contributed by atoms with Gasteiger partial charge in [0.15, 0.2) is 0 Å². The van der Waals surface area contributed by atoms with Gasteiger partial charge in [-0.2, -0.15) is 0 Å². The quantitative estimate of drug-likeness (QED) is 0.596. The number of fused-ring (bicyclic) bond motifs is 1. The summed E-state index contributed by atoms with van der Waals surface area (Å²) < 4.78 is 1.65. The SMILES string of the molecule is CC(C)N1CCC(NC(=O)c2nc3ccccc3n2CC(=O)Nc2ccc(Cl)cn2)CC1. The lowest BCUT2D eigenvalue weighted by molar-refractivity contribution is -0.116. The summed E-state index contributed by atoms with van der Waals surface area (Å²) in [7, 11) is 0. The van der Waals surface area contributed by atoms with Crippen molar-refractivity contribution in [2.24, 2.45) is 0 Å². The Hall–Kier alpha value is -2.97. The van der Waals surface area contributed by atoms with Gasteiger partial charge < -0.3 is 20.1 Å². The van der Waals surface area contributed by atoms with Gasteiger partial charge in [0, 0.05) is 31.4 Å². The van der Waals surface area contributed by atoms with E-state index in [4.69, 9.17) is 11.6 Å². The number of nitrogens with zero attached hydrogens (tertiary/aromatic N) is 4. The Labute approximate surface area is 192 Å². The molecule has 1 aliphatic rings. The van der Waals surface area contributed by atoms with E-state index in [1.54, 1.807) is 16.7 Å². The minimum atomic E-state index is -0.303. The second-order valence-corrected chi connectivity index (χ2v) is 8.73. The van der Waals surface area contributed by atoms with E-state index in [0.29, 0.717) is 22.4 Å². The number of anilines is 1. The minimum Gasteiger partial charge on any atom is -0.347 e. The van der Waals surface area contributed by atoms with Crippen LogP contribution in [0, 0.1) is 0 Å². The summed E-state index contributed by atoms with van der Waals surface area (Å²) in [5.74, 6) is 0.0623. The molecule has 0 aliphatic carbocycles. The summed E-state index contributed by atoms with van der Waals surface area (Å²) in [6, 6.07) is 11.3. The van der Waals surface area contributed by atoms with Crippen LogP contribution in [0.25, 0.3) is 11.0 Å². The number of hydrogen-bond donors (Lipinski definition) is 2. The van der Waals surface area contributed by atoms with Crippen LogP contribution in [-0.2, 0) is 11.3 Å². The van der Waals surface area contributed by atoms with Gasteiger partial charge >= 0.3 is 0 Å². The maximum atomic E-state index is 13.1. The summed E-state index contributed by atoms with van der Waals surface area (Å²) >= 11 is 5.85. The van der Waals surface area contributed by atoms with Crippen LogP contribution in [0.5, 0.6) is 0 Å². The maximum absolute atomic E-state index is 13.1. The second kappa shape index (κ2) is 9.67. The summed E-state index contributed by atoms with van der Waals surface area (Å²) in [4.78, 5) is 36.9. The molecule has 2 N–H and O–H groups in total. The van der Waals surface area contributed by atoms with Crippen molar-refractivity contribution in [3.63, 3.8) is 0 Å². The standard InChI is InChI=1S/C23H27ClN6O2/c1-15(2)29-11-9-17(10-12-29)26-23(32)22-27-18-5-3-4-6-19(18)30(22)14-21(31)28-20-8-7-16(24)13-25-20/h3-8,13,15,17H,9-12,14H2,1-2H3,(H,26,32)(H,25,28,31). The first-order valence-electron chi connectivity index (χ1n) is 10.8. The summed E-state index contributed by atoms with van der Waals surface area (Å²) in [5.41, 5.74) is 1.40. The molecule has 4 rings (SSSR count). The largest absolute Gasteiger partial charge is 0.347 e. The highest BCUT2D eigenvalue weighted by atomic mass is 35.5. The Morgan fingerprint density at radius 1 is 1.16 bits per heavy atom. The Balaban J connectivity index is 1.50. The van der Waals surface area contributed by atoms with Crippen molar-refractivity contribution in [2.45, 2.75) is 45.3 Å². The van der Waals surface area contributed by atoms with E-state index in [2.05, 4.69) is 39.3 Å². The molecular formula is C23H27ClN6O2. The number of benzene rings is 1. The van der Waals surface area contributed by atoms with Gasteiger partial charge in [0.1, 0.15) is 12.4 Å². The smallest absolute Gasteiger partial charge is 0.287 e. The highest BCUT2D eigenvalue weighted by Crippen LogP contribution is 2.18. The predicted octanol–water partition coefficient (Wildman–Crippen LogP) is 3.33. The number of hydrogen-bond acceptors (Lipinski definition) is 5. The maximum Gasteiger partial charge on any atom is 0.287 e. The second-order valence-electron chi connectivity index (χ2n) is 8.30. The number of halogens is 1. The Morgan fingerprint density at radius 3 is 2.59 bits per heavy atom. The average Bonchev–Trinajstić information content (AvgIpc) is 3.14. The molecule has 0 bridgehead atoms. The van der Waals surface area contributed by atoms with Gasteiger partial charge in [0.05, 0.1) is 16.1 Å². The van der Waals surface area contributed by atoms with E-state index >= 15 is 0 Å². The van der Waals surface area contributed by atoms with Crippen LogP contribution in [-0.4, -0.2) is 56.4 Å². The fourth-order valence-corrected chi connectivity index (χ4v) is 4.11. The molecule has 0 spiro atoms. The third-order valence-electron chi connectivity index (χ3n) is 5.75. The lowest BCUT2D eigenvalue weighted by atomic mass is 10.0. The van der Waals surface area contributed by atoms with Crippen molar-refractivity contribution < 1.29 is 9.59 Å². The summed E-state index contributed by atoms with van der Waals surface area (Å²) in [6.45, 7) is 6.22. The third-order valence-corrected chi connectivity index (χ3v) is 5.97. The van der Waals surface area contributed by atoms with Crippen LogP contribution in [0.15, 0.2) is 42.6 Å². The molecule has 32 heavy (non-hydrogen) atoms. The zero-order valence-electron chi connectivity index (χ0n) is 18.2. The van der Waals surface area contributed by atoms with Gasteiger partial charge in [-0.05, 0) is 51.0 Å². The number of aromatic nitrogens is 3. The highest BCUT2D eigenvalue weighted by molar-refractivity contribution is 6.30. The van der Waals surface area contributed by atoms with E-state index in [9.17, 15) is 9.59 Å². The predicted molar refractivity (Wildman–Crippen MR) is 125 cm³/mol. The molecule has 0 unspecified atom stereocenters. The molecule has 0 atom stereocenters. The molecule has 0 radical (unpaired) electrons. The number of carbonyl (C=O) groups is 2. The zero-order valence-corrected chi connectivity index (χ0v) is 19.0. The number of nitrogens with one attached hydrogen (secondary N) is 2. The highest BCUT2D eigenvalue weighted by Gasteiger charge is 2.25. The van der Waals surface area contributed by atoms with Crippen LogP contribution in [0.4, 0.5) is 5.82 Å². The molecule has 2 amide bonds. The first-order chi connectivity index (χ1) is 15.4. The van der Waals surface area contributed by atoms with E-state index in [-0.39, 0.29) is 30.2 Å². The number of rotatable bonds is 6. The molecule has 1 aromatic carbocycles. The van der Waals surface area contributed by atoms with Crippen LogP contribution >= 0.6 is 11.6 Å². The van der Waals surface area contributed by atoms with Crippen molar-refractivity contribution in [3.8, 4) is 0 Å². The lowest BCUT2D eigenvalue weighted by Crippen LogP contribution is -2.47. The molecule has 8 nitrogen and oxygen atoms in total. The molecule has 168 valence electrons. The molecule has 3 heterocycles. The molecule has 1 aliphatic heterocycles. The molecule has 1 fully saturated rings. The number of para-hydroxylation sites is 2. The lowest BCUT2D eigenvalue weighted by Gasteiger charge is -2.34. The number of pyridine rings is 1. The fraction of sp³-hybridized carbons (Fsp3) is 0.391. The van der Waals surface area contributed by atoms with Gasteiger partial charge in [-0.15, -0.1) is 0 Å². The van der Waals surface area contributed by atoms with Crippen LogP contribution in [0.3, 0.4) is 0 Å². The number of amides is 2. The normalized spacial score (nSPS) is 15.2. The minimum absolute atomic E-state index is 0.0562. The fourth-order valence-electron chi connectivity index (χ4n) is 3.99. The van der Waals surface area contributed by atoms with Crippen LogP contribution < -0.4 is 10.6 Å². The number of piperidine rings is 1. The Bertz CT molecular complexity index is 1100. The van der Waals surface area contributed by atoms with Crippen molar-refractivity contribution >= 4 is 40.3 Å². The Morgan fingerprint density at radius 2 is 1.91 bits per heavy atom. The van der Waals surface area contributed by atoms with Gasteiger partial charge in [-0.1, -0.05) is 23.7 Å². The van der Waals surface area contributed by atoms with Crippen molar-refractivity contribution in [1.29, 1.82) is 0 Å². The van der Waals surface area contributed by atoms with Gasteiger partial charge in [-0.25, -0.2) is 9.97 Å². The summed E-state index contributed by atoms with van der Waals surface area (Å²) in [6.07, 6.45) is 3.26. The van der Waals surface area contributed by atoms with Crippen molar-refractivity contribution in [1.82, 2.24) is 24.8 Å². The zero-order chi connectivity index (χ0) is 22.7. The molecule has 3 aromatic rings. The van der Waals surface area contributed by atoms with Gasteiger partial charge in [0.25, 0.3) is 5.91 Å². The van der Waals surface area contributed by atoms with Crippen LogP contribution in [0.2, 0.25) is 5.02 Å². The van der Waals surface area contributed by atoms with Gasteiger partial charge in [-0.3, -0.25) is 9.59 Å². The van der Waals surface area contributed by atoms with E-state index in [0.717, 1.165) is 31.4 Å². The molecule has 9 heteroatoms. The number of carbonyl (C=O) groups excluding carboxylic acids is 2. The number of likely N-dealkylation sites (tertiary alicyclic amines) is 1. The van der Waals surface area contributed by atoms with E-state index < -0.39 is 0 Å². The van der Waals surface area contributed by atoms with Gasteiger partial charge in [0.2, 0.25) is 11.7 Å². The molecule has 1 saturated heterocycles. The van der Waals surface area contributed by atoms with E-state index in [1.165, 1.54) is 6.20 Å². The van der Waals surface area contributed by atoms with Crippen LogP contribution in [0.1, 0.15) is 37.3 Å². The number of imidazole rings is 1. The topological polar surface area (TPSA) is 92.2 Å². The van der Waals surface area contributed by atoms with Crippen molar-refractivity contribution in [3.05, 3.63) is 53.4 Å². The Kier molecular flexibility index (Phi) is 6.72. The molecule has 0 saturated carbocycles. The van der Waals surface area contributed by atoms with Crippen molar-refractivity contribution in [2.75, 3.05) is 18.4 Å².